The first-order valence-electron chi connectivity index (χ1n) is 11.2. The second-order valence-corrected chi connectivity index (χ2v) is 11.4. The highest BCUT2D eigenvalue weighted by Crippen LogP contribution is 2.37. The van der Waals surface area contributed by atoms with Gasteiger partial charge in [-0.1, -0.05) is 53.7 Å². The fourth-order valence-corrected chi connectivity index (χ4v) is 4.40. The van der Waals surface area contributed by atoms with Crippen molar-refractivity contribution in [2.75, 3.05) is 0 Å². The Hall–Kier alpha value is -2.68. The number of fused-ring (bicyclic) bond motifs is 3. The summed E-state index contributed by atoms with van der Waals surface area (Å²) in [4.78, 5) is 4.88. The average molecular weight is 416 g/mol. The minimum atomic E-state index is 0.190. The van der Waals surface area contributed by atoms with E-state index in [1.54, 1.807) is 0 Å². The molecule has 3 nitrogen and oxygen atoms in total. The number of nitrogens with zero attached hydrogens (tertiary/aromatic N) is 2. The van der Waals surface area contributed by atoms with Crippen LogP contribution in [0.5, 0.6) is 0 Å². The highest BCUT2D eigenvalue weighted by molar-refractivity contribution is 6.08. The molecular formula is C28H35N2O+. The normalized spacial score (nSPS) is 12.8. The van der Waals surface area contributed by atoms with Gasteiger partial charge in [-0.2, -0.15) is 0 Å². The fraction of sp³-hybridized carbons (Fsp3) is 0.429. The lowest BCUT2D eigenvalue weighted by atomic mass is 9.88. The summed E-state index contributed by atoms with van der Waals surface area (Å²) in [7, 11) is 2.11. The van der Waals surface area contributed by atoms with Crippen LogP contribution in [-0.2, 0) is 19.9 Å². The number of benzene rings is 1. The zero-order chi connectivity index (χ0) is 22.6. The van der Waals surface area contributed by atoms with Gasteiger partial charge >= 0.3 is 0 Å². The molecule has 0 saturated heterocycles. The predicted molar refractivity (Wildman–Crippen MR) is 129 cm³/mol. The molecule has 0 N–H and O–H groups in total. The summed E-state index contributed by atoms with van der Waals surface area (Å²) in [5.74, 6) is 0. The smallest absolute Gasteiger partial charge is 0.227 e. The van der Waals surface area contributed by atoms with Crippen molar-refractivity contribution in [1.29, 1.82) is 0 Å². The second kappa shape index (κ2) is 7.47. The number of aryl methyl sites for hydroxylation is 2. The van der Waals surface area contributed by atoms with Crippen molar-refractivity contribution in [2.24, 2.45) is 17.9 Å². The number of hydrogen-bond acceptors (Lipinski definition) is 2. The van der Waals surface area contributed by atoms with Gasteiger partial charge in [-0.05, 0) is 53.9 Å². The van der Waals surface area contributed by atoms with Crippen molar-refractivity contribution in [3.8, 4) is 11.3 Å². The molecule has 0 aliphatic carbocycles. The minimum Gasteiger partial charge on any atom is -0.437 e. The maximum absolute atomic E-state index is 6.45. The molecule has 4 aromatic rings. The van der Waals surface area contributed by atoms with Crippen LogP contribution in [0.2, 0.25) is 0 Å². The van der Waals surface area contributed by atoms with Gasteiger partial charge in [-0.3, -0.25) is 0 Å². The Morgan fingerprint density at radius 3 is 2.23 bits per heavy atom. The summed E-state index contributed by atoms with van der Waals surface area (Å²) < 4.78 is 8.64. The van der Waals surface area contributed by atoms with Crippen LogP contribution in [-0.4, -0.2) is 4.98 Å². The van der Waals surface area contributed by atoms with Crippen molar-refractivity contribution in [3.63, 3.8) is 0 Å². The molecule has 3 heterocycles. The molecule has 1 aromatic carbocycles. The van der Waals surface area contributed by atoms with Crippen LogP contribution in [0.25, 0.3) is 33.3 Å². The monoisotopic (exact) mass is 415 g/mol. The molecule has 162 valence electrons. The van der Waals surface area contributed by atoms with Gasteiger partial charge in [0.15, 0.2) is 11.8 Å². The van der Waals surface area contributed by atoms with Gasteiger partial charge in [0, 0.05) is 28.6 Å². The third kappa shape index (κ3) is 4.51. The molecule has 0 spiro atoms. The van der Waals surface area contributed by atoms with Crippen LogP contribution in [0.3, 0.4) is 0 Å². The molecule has 0 bridgehead atoms. The first kappa shape index (κ1) is 21.5. The van der Waals surface area contributed by atoms with E-state index < -0.39 is 0 Å². The maximum atomic E-state index is 6.45. The Morgan fingerprint density at radius 2 is 1.55 bits per heavy atom. The number of pyridine rings is 2. The summed E-state index contributed by atoms with van der Waals surface area (Å²) in [5.41, 5.74) is 8.07. The molecule has 0 radical (unpaired) electrons. The number of rotatable bonds is 3. The standard InChI is InChI=1S/C28H35N2O/c1-18-9-11-21-22-12-10-20(17-28(5,6)7)29-26(22)31-25(21)24(18)23-15-19(13-14-30(23)8)16-27(2,3)4/h9-15H,16-17H2,1-8H3/q+1. The van der Waals surface area contributed by atoms with Gasteiger partial charge in [0.2, 0.25) is 11.4 Å². The third-order valence-corrected chi connectivity index (χ3v) is 5.69. The Morgan fingerprint density at radius 1 is 0.871 bits per heavy atom. The molecule has 0 fully saturated rings. The minimum absolute atomic E-state index is 0.190. The van der Waals surface area contributed by atoms with Crippen LogP contribution in [0.1, 0.15) is 58.4 Å². The quantitative estimate of drug-likeness (QED) is 0.339. The highest BCUT2D eigenvalue weighted by Gasteiger charge is 2.23. The first-order valence-corrected chi connectivity index (χ1v) is 11.2. The van der Waals surface area contributed by atoms with Gasteiger partial charge in [0.25, 0.3) is 0 Å². The van der Waals surface area contributed by atoms with Crippen molar-refractivity contribution >= 4 is 22.1 Å². The van der Waals surface area contributed by atoms with E-state index in [1.807, 2.05) is 0 Å². The van der Waals surface area contributed by atoms with Crippen LogP contribution in [0.4, 0.5) is 0 Å². The predicted octanol–water partition coefficient (Wildman–Crippen LogP) is 6.96. The van der Waals surface area contributed by atoms with E-state index in [0.717, 1.165) is 46.2 Å². The second-order valence-electron chi connectivity index (χ2n) is 11.4. The van der Waals surface area contributed by atoms with Gasteiger partial charge < -0.3 is 4.42 Å². The van der Waals surface area contributed by atoms with Crippen LogP contribution >= 0.6 is 0 Å². The summed E-state index contributed by atoms with van der Waals surface area (Å²) >= 11 is 0. The third-order valence-electron chi connectivity index (χ3n) is 5.69. The molecule has 0 aliphatic heterocycles. The molecule has 31 heavy (non-hydrogen) atoms. The molecule has 0 saturated carbocycles. The Bertz CT molecular complexity index is 1270. The van der Waals surface area contributed by atoms with Crippen molar-refractivity contribution in [3.05, 3.63) is 59.4 Å². The zero-order valence-electron chi connectivity index (χ0n) is 20.3. The van der Waals surface area contributed by atoms with E-state index in [2.05, 4.69) is 103 Å². The molecule has 3 aromatic heterocycles. The Balaban J connectivity index is 1.91. The molecule has 0 aliphatic rings. The summed E-state index contributed by atoms with van der Waals surface area (Å²) in [5, 5.41) is 2.22. The molecule has 3 heteroatoms. The van der Waals surface area contributed by atoms with Crippen LogP contribution in [0, 0.1) is 17.8 Å². The van der Waals surface area contributed by atoms with Crippen molar-refractivity contribution in [1.82, 2.24) is 4.98 Å². The molecule has 0 amide bonds. The van der Waals surface area contributed by atoms with Gasteiger partial charge in [-0.15, -0.1) is 0 Å². The topological polar surface area (TPSA) is 29.9 Å². The lowest BCUT2D eigenvalue weighted by Gasteiger charge is -2.18. The maximum Gasteiger partial charge on any atom is 0.227 e. The lowest BCUT2D eigenvalue weighted by molar-refractivity contribution is -0.660. The average Bonchev–Trinajstić information content (AvgIpc) is 2.98. The van der Waals surface area contributed by atoms with Gasteiger partial charge in [-0.25, -0.2) is 9.55 Å². The largest absolute Gasteiger partial charge is 0.437 e. The van der Waals surface area contributed by atoms with E-state index >= 15 is 0 Å². The summed E-state index contributed by atoms with van der Waals surface area (Å²) in [6.07, 6.45) is 4.13. The Kier molecular flexibility index (Phi) is 5.20. The summed E-state index contributed by atoms with van der Waals surface area (Å²) in [6, 6.07) is 13.2. The van der Waals surface area contributed by atoms with Gasteiger partial charge in [0.1, 0.15) is 7.05 Å². The Labute approximate surface area is 186 Å². The van der Waals surface area contributed by atoms with E-state index in [-0.39, 0.29) is 10.8 Å². The highest BCUT2D eigenvalue weighted by atomic mass is 16.3. The van der Waals surface area contributed by atoms with Gasteiger partial charge in [0.05, 0.1) is 5.56 Å². The summed E-state index contributed by atoms with van der Waals surface area (Å²) in [6.45, 7) is 15.7. The molecular weight excluding hydrogens is 380 g/mol. The van der Waals surface area contributed by atoms with E-state index in [4.69, 9.17) is 9.40 Å². The fourth-order valence-electron chi connectivity index (χ4n) is 4.40. The number of furan rings is 1. The van der Waals surface area contributed by atoms with E-state index in [9.17, 15) is 0 Å². The van der Waals surface area contributed by atoms with Crippen molar-refractivity contribution < 1.29 is 8.98 Å². The number of aromatic nitrogens is 2. The SMILES string of the molecule is Cc1ccc2c(oc3nc(CC(C)(C)C)ccc32)c1-c1cc(CC(C)(C)C)cc[n+]1C. The van der Waals surface area contributed by atoms with Crippen LogP contribution < -0.4 is 4.57 Å². The molecule has 0 unspecified atom stereocenters. The van der Waals surface area contributed by atoms with Crippen LogP contribution in [0.15, 0.2) is 47.0 Å². The molecule has 0 atom stereocenters. The lowest BCUT2D eigenvalue weighted by Crippen LogP contribution is -2.31. The van der Waals surface area contributed by atoms with E-state index in [1.165, 1.54) is 16.8 Å². The molecule has 4 rings (SSSR count). The van der Waals surface area contributed by atoms with Crippen molar-refractivity contribution in [2.45, 2.75) is 61.3 Å². The number of hydrogen-bond donors (Lipinski definition) is 0. The zero-order valence-corrected chi connectivity index (χ0v) is 20.3. The first-order chi connectivity index (χ1) is 14.4. The van der Waals surface area contributed by atoms with E-state index in [0.29, 0.717) is 0 Å².